The van der Waals surface area contributed by atoms with Gasteiger partial charge in [0.25, 0.3) is 0 Å². The summed E-state index contributed by atoms with van der Waals surface area (Å²) in [6.45, 7) is 6.58. The first kappa shape index (κ1) is 29.1. The topological polar surface area (TPSA) is 176 Å². The van der Waals surface area contributed by atoms with Crippen molar-refractivity contribution in [1.82, 2.24) is 29.2 Å². The molecule has 0 saturated heterocycles. The van der Waals surface area contributed by atoms with Crippen LogP contribution in [0.15, 0.2) is 29.6 Å². The van der Waals surface area contributed by atoms with Gasteiger partial charge in [-0.25, -0.2) is 28.6 Å². The van der Waals surface area contributed by atoms with Gasteiger partial charge in [-0.1, -0.05) is 0 Å². The molecule has 210 valence electrons. The SMILES string of the molecule is CCOC(=O)c1c[nH]n2cc(C)nc2c1=O.CCOC(=O)c1cnn2cc(C)nc2c1OS(=O)(=O)C(F)(F)F. The van der Waals surface area contributed by atoms with Gasteiger partial charge in [-0.2, -0.15) is 26.7 Å². The average Bonchev–Trinajstić information content (AvgIpc) is 3.41. The summed E-state index contributed by atoms with van der Waals surface area (Å²) >= 11 is 0. The van der Waals surface area contributed by atoms with Gasteiger partial charge in [0.05, 0.1) is 43.2 Å². The van der Waals surface area contributed by atoms with Gasteiger partial charge in [0, 0.05) is 6.20 Å². The molecule has 4 aromatic rings. The van der Waals surface area contributed by atoms with Crippen LogP contribution in [0.25, 0.3) is 11.3 Å². The number of ether oxygens (including phenoxy) is 2. The fraction of sp³-hybridized carbons (Fsp3) is 0.333. The van der Waals surface area contributed by atoms with Crippen LogP contribution >= 0.6 is 0 Å². The number of nitrogens with one attached hydrogen (secondary N) is 1. The maximum absolute atomic E-state index is 12.5. The van der Waals surface area contributed by atoms with Crippen molar-refractivity contribution in [3.63, 3.8) is 0 Å². The van der Waals surface area contributed by atoms with Gasteiger partial charge in [0.15, 0.2) is 5.65 Å². The lowest BCUT2D eigenvalue weighted by Crippen LogP contribution is -2.29. The molecule has 39 heavy (non-hydrogen) atoms. The third kappa shape index (κ3) is 6.16. The van der Waals surface area contributed by atoms with Gasteiger partial charge in [0.1, 0.15) is 11.1 Å². The molecule has 1 N–H and O–H groups in total. The average molecular weight is 574 g/mol. The second kappa shape index (κ2) is 11.1. The van der Waals surface area contributed by atoms with Crippen LogP contribution in [0.1, 0.15) is 46.0 Å². The van der Waals surface area contributed by atoms with Gasteiger partial charge in [0.2, 0.25) is 16.8 Å². The zero-order valence-corrected chi connectivity index (χ0v) is 21.6. The number of aryl methyl sites for hydroxylation is 2. The van der Waals surface area contributed by atoms with E-state index in [9.17, 15) is 36.0 Å². The number of fused-ring (bicyclic) bond motifs is 2. The number of halogens is 3. The summed E-state index contributed by atoms with van der Waals surface area (Å²) in [5.74, 6) is -2.62. The number of alkyl halides is 3. The molecule has 0 aromatic carbocycles. The molecule has 0 unspecified atom stereocenters. The zero-order valence-electron chi connectivity index (χ0n) is 20.8. The van der Waals surface area contributed by atoms with Crippen LogP contribution in [-0.2, 0) is 19.6 Å². The maximum Gasteiger partial charge on any atom is 0.534 e. The number of rotatable bonds is 6. The fourth-order valence-corrected chi connectivity index (χ4v) is 3.54. The first-order chi connectivity index (χ1) is 18.2. The highest BCUT2D eigenvalue weighted by Crippen LogP contribution is 2.31. The van der Waals surface area contributed by atoms with Crippen molar-refractivity contribution >= 4 is 33.4 Å². The fourth-order valence-electron chi connectivity index (χ4n) is 3.06. The van der Waals surface area contributed by atoms with Gasteiger partial charge < -0.3 is 13.7 Å². The Hall–Kier alpha value is -4.48. The van der Waals surface area contributed by atoms with E-state index in [2.05, 4.69) is 29.1 Å². The lowest BCUT2D eigenvalue weighted by Gasteiger charge is -2.12. The number of carbonyl (C=O) groups excluding carboxylic acids is 2. The summed E-state index contributed by atoms with van der Waals surface area (Å²) in [6, 6.07) is 0. The summed E-state index contributed by atoms with van der Waals surface area (Å²) < 4.78 is 76.1. The molecular weight excluding hydrogens is 553 g/mol. The Kier molecular flexibility index (Phi) is 8.27. The molecule has 0 aliphatic rings. The summed E-state index contributed by atoms with van der Waals surface area (Å²) in [4.78, 5) is 42.9. The third-order valence-corrected chi connectivity index (χ3v) is 5.61. The van der Waals surface area contributed by atoms with Crippen molar-refractivity contribution in [2.24, 2.45) is 0 Å². The minimum atomic E-state index is -5.99. The van der Waals surface area contributed by atoms with E-state index in [1.807, 2.05) is 0 Å². The van der Waals surface area contributed by atoms with Crippen LogP contribution < -0.4 is 9.61 Å². The summed E-state index contributed by atoms with van der Waals surface area (Å²) in [6.07, 6.45) is 5.16. The first-order valence-electron chi connectivity index (χ1n) is 11.0. The number of aromatic nitrogens is 6. The molecule has 4 heterocycles. The van der Waals surface area contributed by atoms with Crippen molar-refractivity contribution in [2.75, 3.05) is 13.2 Å². The molecule has 0 radical (unpaired) electrons. The Morgan fingerprint density at radius 2 is 1.54 bits per heavy atom. The Morgan fingerprint density at radius 1 is 0.974 bits per heavy atom. The second-order valence-electron chi connectivity index (χ2n) is 7.55. The maximum atomic E-state index is 12.5. The molecule has 0 saturated carbocycles. The highest BCUT2D eigenvalue weighted by atomic mass is 32.2. The number of carbonyl (C=O) groups is 2. The van der Waals surface area contributed by atoms with E-state index >= 15 is 0 Å². The Morgan fingerprint density at radius 3 is 2.13 bits per heavy atom. The van der Waals surface area contributed by atoms with Crippen molar-refractivity contribution in [3.8, 4) is 5.75 Å². The van der Waals surface area contributed by atoms with Crippen molar-refractivity contribution in [2.45, 2.75) is 33.2 Å². The van der Waals surface area contributed by atoms with Crippen molar-refractivity contribution in [3.05, 3.63) is 57.5 Å². The number of H-pyrrole nitrogens is 1. The molecule has 14 nitrogen and oxygen atoms in total. The van der Waals surface area contributed by atoms with E-state index in [4.69, 9.17) is 4.74 Å². The molecule has 4 rings (SSSR count). The molecule has 0 spiro atoms. The molecule has 0 atom stereocenters. The highest BCUT2D eigenvalue weighted by Gasteiger charge is 2.49. The Bertz CT molecular complexity index is 1710. The molecule has 0 amide bonds. The smallest absolute Gasteiger partial charge is 0.462 e. The van der Waals surface area contributed by atoms with E-state index in [0.717, 1.165) is 10.7 Å². The largest absolute Gasteiger partial charge is 0.534 e. The number of nitrogens with zero attached hydrogens (tertiary/aromatic N) is 5. The van der Waals surface area contributed by atoms with Crippen LogP contribution in [0, 0.1) is 13.8 Å². The van der Waals surface area contributed by atoms with Crippen LogP contribution in [0.3, 0.4) is 0 Å². The first-order valence-corrected chi connectivity index (χ1v) is 12.4. The lowest BCUT2D eigenvalue weighted by molar-refractivity contribution is -0.0500. The van der Waals surface area contributed by atoms with Crippen LogP contribution in [0.2, 0.25) is 0 Å². The van der Waals surface area contributed by atoms with Crippen molar-refractivity contribution in [1.29, 1.82) is 0 Å². The third-order valence-electron chi connectivity index (χ3n) is 4.66. The Balaban J connectivity index is 0.000000230. The molecular formula is C21H21F3N6O8S. The second-order valence-corrected chi connectivity index (χ2v) is 9.09. The van der Waals surface area contributed by atoms with Gasteiger partial charge in [-0.3, -0.25) is 9.89 Å². The van der Waals surface area contributed by atoms with Crippen molar-refractivity contribution < 1.29 is 44.8 Å². The number of esters is 2. The molecule has 18 heteroatoms. The number of hydrogen-bond donors (Lipinski definition) is 1. The van der Waals surface area contributed by atoms with E-state index in [-0.39, 0.29) is 30.1 Å². The van der Waals surface area contributed by atoms with E-state index < -0.39 is 44.3 Å². The van der Waals surface area contributed by atoms with Gasteiger partial charge in [-0.05, 0) is 27.7 Å². The number of aromatic amines is 1. The quantitative estimate of drug-likeness (QED) is 0.202. The molecule has 0 aliphatic carbocycles. The monoisotopic (exact) mass is 574 g/mol. The normalized spacial score (nSPS) is 11.7. The lowest BCUT2D eigenvalue weighted by atomic mass is 10.3. The standard InChI is InChI=1S/C11H10F3N3O5S.C10H11N3O3/c1-3-21-10(18)7-4-15-17-5-6(2)16-9(17)8(7)22-23(19,20)11(12,13)14;1-3-16-10(15)7-4-11-13-5-6(2)12-9(13)8(7)14/h4-5H,3H2,1-2H3;4-5,11H,3H2,1-2H3. The number of imidazole rings is 2. The predicted octanol–water partition coefficient (Wildman–Crippen LogP) is 1.95. The Labute approximate surface area is 217 Å². The van der Waals surface area contributed by atoms with E-state index in [1.54, 1.807) is 20.0 Å². The van der Waals surface area contributed by atoms with Crippen LogP contribution in [0.5, 0.6) is 5.75 Å². The molecule has 0 bridgehead atoms. The summed E-state index contributed by atoms with van der Waals surface area (Å²) in [5, 5.41) is 6.53. The van der Waals surface area contributed by atoms with Crippen LogP contribution in [0.4, 0.5) is 13.2 Å². The van der Waals surface area contributed by atoms with Crippen LogP contribution in [-0.4, -0.2) is 68.3 Å². The molecule has 0 aliphatic heterocycles. The predicted molar refractivity (Wildman–Crippen MR) is 126 cm³/mol. The summed E-state index contributed by atoms with van der Waals surface area (Å²) in [5.41, 5.74) is -5.84. The molecule has 0 fully saturated rings. The van der Waals surface area contributed by atoms with E-state index in [1.165, 1.54) is 30.8 Å². The zero-order chi connectivity index (χ0) is 29.1. The van der Waals surface area contributed by atoms with Gasteiger partial charge in [-0.15, -0.1) is 0 Å². The minimum absolute atomic E-state index is 0.0278. The highest BCUT2D eigenvalue weighted by molar-refractivity contribution is 7.88. The van der Waals surface area contributed by atoms with E-state index in [0.29, 0.717) is 11.4 Å². The number of hydrogen-bond acceptors (Lipinski definition) is 11. The van der Waals surface area contributed by atoms with Gasteiger partial charge >= 0.3 is 27.6 Å². The summed E-state index contributed by atoms with van der Waals surface area (Å²) in [7, 11) is -5.99. The minimum Gasteiger partial charge on any atom is -0.462 e. The molecule has 4 aromatic heterocycles.